The smallest absolute Gasteiger partial charge is 0.164 e. The van der Waals surface area contributed by atoms with Crippen molar-refractivity contribution in [2.75, 3.05) is 0 Å². The average Bonchev–Trinajstić information content (AvgIpc) is 3.12. The summed E-state index contributed by atoms with van der Waals surface area (Å²) in [6.07, 6.45) is 4.03. The van der Waals surface area contributed by atoms with E-state index < -0.39 is 11.1 Å². The molecule has 1 aromatic heterocycles. The number of thiophene rings is 1. The minimum absolute atomic E-state index is 0.608. The molecular formula is C20H14B2Cl4S. The van der Waals surface area contributed by atoms with Crippen LogP contribution >= 0.6 is 57.2 Å². The van der Waals surface area contributed by atoms with Crippen LogP contribution in [0.5, 0.6) is 0 Å². The minimum Gasteiger partial charge on any atom is -0.164 e. The number of halogens is 4. The molecule has 2 aromatic carbocycles. The Labute approximate surface area is 184 Å². The zero-order chi connectivity index (χ0) is 19.2. The van der Waals surface area contributed by atoms with Gasteiger partial charge >= 0.3 is 11.1 Å². The van der Waals surface area contributed by atoms with Crippen molar-refractivity contribution in [3.63, 3.8) is 0 Å². The molecule has 0 N–H and O–H groups in total. The zero-order valence-electron chi connectivity index (χ0n) is 14.2. The highest BCUT2D eigenvalue weighted by Crippen LogP contribution is 2.31. The van der Waals surface area contributed by atoms with Crippen LogP contribution in [-0.2, 0) is 0 Å². The van der Waals surface area contributed by atoms with Crippen LogP contribution in [0.15, 0.2) is 72.8 Å². The molecule has 3 rings (SSSR count). The third kappa shape index (κ3) is 5.70. The van der Waals surface area contributed by atoms with Crippen LogP contribution in [0.4, 0.5) is 0 Å². The van der Waals surface area contributed by atoms with Crippen molar-refractivity contribution in [3.05, 3.63) is 93.7 Å². The van der Waals surface area contributed by atoms with Crippen LogP contribution in [0.3, 0.4) is 0 Å². The normalized spacial score (nSPS) is 12.1. The van der Waals surface area contributed by atoms with E-state index >= 15 is 0 Å². The summed E-state index contributed by atoms with van der Waals surface area (Å²) in [4.78, 5) is 2.11. The van der Waals surface area contributed by atoms with Crippen LogP contribution < -0.4 is 0 Å². The van der Waals surface area contributed by atoms with Gasteiger partial charge in [-0.2, -0.15) is 45.8 Å². The average molecular weight is 450 g/mol. The van der Waals surface area contributed by atoms with E-state index in [4.69, 9.17) is 45.8 Å². The summed E-state index contributed by atoms with van der Waals surface area (Å²) in [5, 5.41) is 0. The summed E-state index contributed by atoms with van der Waals surface area (Å²) >= 11 is 26.4. The molecule has 0 saturated heterocycles. The van der Waals surface area contributed by atoms with E-state index in [1.807, 2.05) is 84.9 Å². The van der Waals surface area contributed by atoms with E-state index in [0.29, 0.717) is 0 Å². The minimum atomic E-state index is -0.608. The number of benzene rings is 2. The molecule has 3 aromatic rings. The molecular weight excluding hydrogens is 436 g/mol. The molecule has 0 saturated carbocycles. The van der Waals surface area contributed by atoms with Crippen molar-refractivity contribution in [2.45, 2.75) is 0 Å². The summed E-state index contributed by atoms with van der Waals surface area (Å²) in [6, 6.07) is 23.9. The van der Waals surface area contributed by atoms with Crippen molar-refractivity contribution in [3.8, 4) is 0 Å². The second-order valence-electron chi connectivity index (χ2n) is 5.77. The standard InChI is InChI=1S/C20H14B2Cl4S/c23-21(24)19(15-7-3-1-4-8-15)13-17-11-12-18(27-17)14-20(22(25)26)16-9-5-2-6-10-16/h1-14H/b19-13+,20-14+. The first-order valence-electron chi connectivity index (χ1n) is 8.25. The molecule has 0 aliphatic carbocycles. The van der Waals surface area contributed by atoms with Crippen LogP contribution in [0.25, 0.3) is 23.1 Å². The van der Waals surface area contributed by atoms with Gasteiger partial charge in [-0.25, -0.2) is 0 Å². The Morgan fingerprint density at radius 3 is 1.30 bits per heavy atom. The monoisotopic (exact) mass is 448 g/mol. The second-order valence-corrected chi connectivity index (χ2v) is 9.11. The summed E-state index contributed by atoms with van der Waals surface area (Å²) in [5.74, 6) is 0. The molecule has 27 heavy (non-hydrogen) atoms. The Bertz CT molecular complexity index is 859. The van der Waals surface area contributed by atoms with Gasteiger partial charge in [-0.3, -0.25) is 0 Å². The van der Waals surface area contributed by atoms with E-state index in [1.165, 1.54) is 0 Å². The van der Waals surface area contributed by atoms with Crippen molar-refractivity contribution in [2.24, 2.45) is 0 Å². The lowest BCUT2D eigenvalue weighted by Gasteiger charge is -2.06. The van der Waals surface area contributed by atoms with Crippen LogP contribution in [0.1, 0.15) is 20.9 Å². The first kappa shape index (κ1) is 20.6. The quantitative estimate of drug-likeness (QED) is 0.336. The maximum Gasteiger partial charge on any atom is 0.383 e. The van der Waals surface area contributed by atoms with Crippen molar-refractivity contribution in [1.82, 2.24) is 0 Å². The number of rotatable bonds is 6. The van der Waals surface area contributed by atoms with E-state index in [1.54, 1.807) is 11.3 Å². The van der Waals surface area contributed by atoms with E-state index in [9.17, 15) is 0 Å². The van der Waals surface area contributed by atoms with Gasteiger partial charge in [0.25, 0.3) is 0 Å². The molecule has 0 aliphatic heterocycles. The van der Waals surface area contributed by atoms with Gasteiger partial charge in [0.1, 0.15) is 0 Å². The van der Waals surface area contributed by atoms with Crippen LogP contribution in [-0.4, -0.2) is 11.1 Å². The third-order valence-electron chi connectivity index (χ3n) is 3.93. The fraction of sp³-hybridized carbons (Fsp3) is 0. The summed E-state index contributed by atoms with van der Waals surface area (Å²) in [6.45, 7) is 0. The molecule has 0 bridgehead atoms. The highest BCUT2D eigenvalue weighted by atomic mass is 35.5. The third-order valence-corrected chi connectivity index (χ3v) is 5.85. The lowest BCUT2D eigenvalue weighted by Crippen LogP contribution is -1.98. The molecule has 7 heteroatoms. The lowest BCUT2D eigenvalue weighted by molar-refractivity contribution is 1.65. The topological polar surface area (TPSA) is 0 Å². The fourth-order valence-corrected chi connectivity index (χ4v) is 4.31. The zero-order valence-corrected chi connectivity index (χ0v) is 18.0. The predicted octanol–water partition coefficient (Wildman–Crippen LogP) is 7.84. The fourth-order valence-electron chi connectivity index (χ4n) is 2.64. The Kier molecular flexibility index (Phi) is 7.57. The second kappa shape index (κ2) is 9.91. The molecule has 0 aliphatic rings. The van der Waals surface area contributed by atoms with E-state index in [2.05, 4.69) is 0 Å². The largest absolute Gasteiger partial charge is 0.383 e. The predicted molar refractivity (Wildman–Crippen MR) is 128 cm³/mol. The van der Waals surface area contributed by atoms with Crippen LogP contribution in [0, 0.1) is 0 Å². The maximum absolute atomic E-state index is 6.20. The van der Waals surface area contributed by atoms with Gasteiger partial charge in [-0.15, -0.1) is 11.3 Å². The SMILES string of the molecule is ClB(Cl)/C(=C/c1ccc(/C=C(/B(Cl)Cl)c2ccccc2)s1)c1ccccc1. The van der Waals surface area contributed by atoms with E-state index in [0.717, 1.165) is 31.8 Å². The highest BCUT2D eigenvalue weighted by molar-refractivity contribution is 7.42. The molecule has 0 amide bonds. The number of hydrogen-bond acceptors (Lipinski definition) is 1. The summed E-state index contributed by atoms with van der Waals surface area (Å²) < 4.78 is 0. The van der Waals surface area contributed by atoms with Crippen molar-refractivity contribution >= 4 is 91.4 Å². The van der Waals surface area contributed by atoms with Gasteiger partial charge in [0, 0.05) is 9.75 Å². The van der Waals surface area contributed by atoms with Crippen molar-refractivity contribution in [1.29, 1.82) is 0 Å². The van der Waals surface area contributed by atoms with Gasteiger partial charge in [0.2, 0.25) is 0 Å². The first-order chi connectivity index (χ1) is 13.0. The maximum atomic E-state index is 6.20. The van der Waals surface area contributed by atoms with Gasteiger partial charge < -0.3 is 0 Å². The molecule has 0 fully saturated rings. The van der Waals surface area contributed by atoms with Gasteiger partial charge in [0.15, 0.2) is 0 Å². The molecule has 1 heterocycles. The Balaban J connectivity index is 1.93. The molecule has 0 radical (unpaired) electrons. The first-order valence-corrected chi connectivity index (χ1v) is 10.8. The highest BCUT2D eigenvalue weighted by Gasteiger charge is 2.17. The lowest BCUT2D eigenvalue weighted by atomic mass is 9.85. The molecule has 0 spiro atoms. The molecule has 0 atom stereocenters. The van der Waals surface area contributed by atoms with E-state index in [-0.39, 0.29) is 0 Å². The van der Waals surface area contributed by atoms with Crippen LogP contribution in [0.2, 0.25) is 0 Å². The Morgan fingerprint density at radius 2 is 0.963 bits per heavy atom. The molecule has 0 unspecified atom stereocenters. The van der Waals surface area contributed by atoms with Gasteiger partial charge in [0.05, 0.1) is 0 Å². The number of hydrogen-bond donors (Lipinski definition) is 0. The Hall–Kier alpha value is -1.09. The van der Waals surface area contributed by atoms with Gasteiger partial charge in [-0.1, -0.05) is 60.7 Å². The summed E-state index contributed by atoms with van der Waals surface area (Å²) in [7, 11) is 0. The summed E-state index contributed by atoms with van der Waals surface area (Å²) in [5.41, 5.74) is 2.53. The molecule has 134 valence electrons. The van der Waals surface area contributed by atoms with Gasteiger partial charge in [-0.05, 0) is 46.4 Å². The Morgan fingerprint density at radius 1 is 0.593 bits per heavy atom. The molecule has 0 nitrogen and oxygen atoms in total. The van der Waals surface area contributed by atoms with Crippen molar-refractivity contribution < 1.29 is 0 Å².